The van der Waals surface area contributed by atoms with Crippen LogP contribution in [0.3, 0.4) is 0 Å². The van der Waals surface area contributed by atoms with Gasteiger partial charge in [-0.05, 0) is 44.9 Å². The van der Waals surface area contributed by atoms with Crippen molar-refractivity contribution in [1.82, 2.24) is 15.5 Å². The van der Waals surface area contributed by atoms with Crippen LogP contribution in [0.2, 0.25) is 0 Å². The van der Waals surface area contributed by atoms with Gasteiger partial charge in [0.05, 0.1) is 6.54 Å². The minimum atomic E-state index is -0.634. The van der Waals surface area contributed by atoms with Gasteiger partial charge in [-0.25, -0.2) is 0 Å². The first kappa shape index (κ1) is 18.6. The fraction of sp³-hybridized carbons (Fsp3) is 0.286. The quantitative estimate of drug-likeness (QED) is 0.720. The first-order valence-corrected chi connectivity index (χ1v) is 8.83. The summed E-state index contributed by atoms with van der Waals surface area (Å²) in [7, 11) is 0. The molecule has 0 fully saturated rings. The molecule has 3 rings (SSSR count). The molecule has 1 aromatic heterocycles. The van der Waals surface area contributed by atoms with E-state index in [1.807, 2.05) is 63.2 Å². The summed E-state index contributed by atoms with van der Waals surface area (Å²) in [4.78, 5) is 16.6. The number of hydrogen-bond acceptors (Lipinski definition) is 5. The molecule has 1 heterocycles. The smallest absolute Gasteiger partial charge is 0.261 e. The molecule has 0 saturated heterocycles. The summed E-state index contributed by atoms with van der Waals surface area (Å²) in [5.74, 6) is 1.31. The van der Waals surface area contributed by atoms with Gasteiger partial charge in [0.15, 0.2) is 6.10 Å². The van der Waals surface area contributed by atoms with Crippen LogP contribution in [0.25, 0.3) is 11.4 Å². The summed E-state index contributed by atoms with van der Waals surface area (Å²) in [6.07, 6.45) is -0.634. The Kier molecular flexibility index (Phi) is 5.54. The molecule has 0 unspecified atom stereocenters. The van der Waals surface area contributed by atoms with Gasteiger partial charge in [0.1, 0.15) is 5.75 Å². The van der Waals surface area contributed by atoms with Gasteiger partial charge >= 0.3 is 0 Å². The monoisotopic (exact) mass is 365 g/mol. The van der Waals surface area contributed by atoms with E-state index in [0.717, 1.165) is 22.3 Å². The summed E-state index contributed by atoms with van der Waals surface area (Å²) in [5, 5.41) is 6.73. The first-order valence-electron chi connectivity index (χ1n) is 8.83. The number of carbonyl (C=O) groups excluding carboxylic acids is 1. The average molecular weight is 365 g/mol. The number of nitrogens with one attached hydrogen (secondary N) is 1. The van der Waals surface area contributed by atoms with E-state index in [0.29, 0.717) is 17.5 Å². The van der Waals surface area contributed by atoms with Crippen molar-refractivity contribution in [1.29, 1.82) is 0 Å². The summed E-state index contributed by atoms with van der Waals surface area (Å²) < 4.78 is 11.0. The molecular formula is C21H23N3O3. The van der Waals surface area contributed by atoms with Crippen molar-refractivity contribution in [3.05, 3.63) is 65.0 Å². The number of aromatic nitrogens is 2. The van der Waals surface area contributed by atoms with Crippen LogP contribution >= 0.6 is 0 Å². The largest absolute Gasteiger partial charge is 0.481 e. The number of hydrogen-bond donors (Lipinski definition) is 1. The summed E-state index contributed by atoms with van der Waals surface area (Å²) in [6.45, 7) is 7.81. The minimum absolute atomic E-state index is 0.151. The lowest BCUT2D eigenvalue weighted by Crippen LogP contribution is -2.36. The van der Waals surface area contributed by atoms with Crippen molar-refractivity contribution in [3.8, 4) is 17.1 Å². The molecule has 6 nitrogen and oxygen atoms in total. The molecule has 0 saturated carbocycles. The lowest BCUT2D eigenvalue weighted by Gasteiger charge is -2.16. The van der Waals surface area contributed by atoms with Crippen LogP contribution < -0.4 is 10.1 Å². The molecule has 27 heavy (non-hydrogen) atoms. The molecule has 2 aromatic carbocycles. The van der Waals surface area contributed by atoms with Gasteiger partial charge < -0.3 is 14.6 Å². The molecule has 1 atom stereocenters. The summed E-state index contributed by atoms with van der Waals surface area (Å²) in [5.41, 5.74) is 4.10. The van der Waals surface area contributed by atoms with Crippen LogP contribution in [0.15, 0.2) is 47.0 Å². The van der Waals surface area contributed by atoms with E-state index in [1.165, 1.54) is 0 Å². The second kappa shape index (κ2) is 8.03. The van der Waals surface area contributed by atoms with E-state index in [1.54, 1.807) is 6.92 Å². The van der Waals surface area contributed by atoms with Crippen molar-refractivity contribution in [2.45, 2.75) is 40.3 Å². The second-order valence-corrected chi connectivity index (χ2v) is 6.62. The van der Waals surface area contributed by atoms with Gasteiger partial charge in [-0.2, -0.15) is 4.98 Å². The molecule has 0 radical (unpaired) electrons. The fourth-order valence-electron chi connectivity index (χ4n) is 2.53. The Morgan fingerprint density at radius 3 is 2.56 bits per heavy atom. The average Bonchev–Trinajstić information content (AvgIpc) is 3.12. The number of rotatable bonds is 6. The molecule has 1 N–H and O–H groups in total. The molecule has 1 amide bonds. The molecule has 0 bridgehead atoms. The zero-order valence-electron chi connectivity index (χ0n) is 15.9. The topological polar surface area (TPSA) is 77.2 Å². The third-order valence-electron chi connectivity index (χ3n) is 4.21. The third kappa shape index (κ3) is 4.73. The van der Waals surface area contributed by atoms with Crippen molar-refractivity contribution < 1.29 is 14.1 Å². The number of benzene rings is 2. The summed E-state index contributed by atoms with van der Waals surface area (Å²) >= 11 is 0. The van der Waals surface area contributed by atoms with Crippen LogP contribution in [0.1, 0.15) is 29.5 Å². The van der Waals surface area contributed by atoms with Crippen molar-refractivity contribution >= 4 is 5.91 Å². The predicted octanol–water partition coefficient (Wildman–Crippen LogP) is 3.75. The Morgan fingerprint density at radius 1 is 1.11 bits per heavy atom. The highest BCUT2D eigenvalue weighted by Crippen LogP contribution is 2.20. The zero-order chi connectivity index (χ0) is 19.4. The van der Waals surface area contributed by atoms with Gasteiger partial charge in [-0.1, -0.05) is 47.1 Å². The van der Waals surface area contributed by atoms with Crippen LogP contribution in [0, 0.1) is 20.8 Å². The highest BCUT2D eigenvalue weighted by molar-refractivity contribution is 5.80. The molecule has 0 spiro atoms. The third-order valence-corrected chi connectivity index (χ3v) is 4.21. The number of aryl methyl sites for hydroxylation is 3. The van der Waals surface area contributed by atoms with Crippen LogP contribution in [-0.4, -0.2) is 22.2 Å². The van der Waals surface area contributed by atoms with E-state index in [9.17, 15) is 4.79 Å². The Balaban J connectivity index is 1.57. The van der Waals surface area contributed by atoms with Crippen LogP contribution in [-0.2, 0) is 11.3 Å². The first-order chi connectivity index (χ1) is 12.9. The summed E-state index contributed by atoms with van der Waals surface area (Å²) in [6, 6.07) is 13.7. The SMILES string of the molecule is Cc1ccc(-c2noc(CNC(=O)[C@H](C)Oc3cc(C)ccc3C)n2)cc1. The van der Waals surface area contributed by atoms with E-state index in [2.05, 4.69) is 15.5 Å². The van der Waals surface area contributed by atoms with E-state index >= 15 is 0 Å². The number of nitrogens with zero attached hydrogens (tertiary/aromatic N) is 2. The maximum atomic E-state index is 12.3. The van der Waals surface area contributed by atoms with Crippen LogP contribution in [0.5, 0.6) is 5.75 Å². The normalized spacial score (nSPS) is 11.9. The molecule has 6 heteroatoms. The Labute approximate surface area is 158 Å². The molecule has 3 aromatic rings. The van der Waals surface area contributed by atoms with Gasteiger partial charge in [-0.3, -0.25) is 4.79 Å². The Bertz CT molecular complexity index is 932. The highest BCUT2D eigenvalue weighted by atomic mass is 16.5. The van der Waals surface area contributed by atoms with Gasteiger partial charge in [0.2, 0.25) is 11.7 Å². The van der Waals surface area contributed by atoms with E-state index in [-0.39, 0.29) is 12.5 Å². The maximum Gasteiger partial charge on any atom is 0.261 e. The maximum absolute atomic E-state index is 12.3. The number of carbonyl (C=O) groups is 1. The van der Waals surface area contributed by atoms with E-state index < -0.39 is 6.10 Å². The lowest BCUT2D eigenvalue weighted by molar-refractivity contribution is -0.127. The minimum Gasteiger partial charge on any atom is -0.481 e. The molecule has 140 valence electrons. The molecule has 0 aliphatic heterocycles. The number of amides is 1. The van der Waals surface area contributed by atoms with Crippen LogP contribution in [0.4, 0.5) is 0 Å². The number of ether oxygens (including phenoxy) is 1. The highest BCUT2D eigenvalue weighted by Gasteiger charge is 2.17. The fourth-order valence-corrected chi connectivity index (χ4v) is 2.53. The Hall–Kier alpha value is -3.15. The zero-order valence-corrected chi connectivity index (χ0v) is 15.9. The second-order valence-electron chi connectivity index (χ2n) is 6.62. The van der Waals surface area contributed by atoms with Gasteiger partial charge in [0.25, 0.3) is 5.91 Å². The lowest BCUT2D eigenvalue weighted by atomic mass is 10.1. The Morgan fingerprint density at radius 2 is 1.81 bits per heavy atom. The standard InChI is InChI=1S/C21H23N3O3/c1-13-6-9-17(10-7-13)20-23-19(27-24-20)12-22-21(25)16(4)26-18-11-14(2)5-8-15(18)3/h5-11,16H,12H2,1-4H3,(H,22,25)/t16-/m0/s1. The van der Waals surface area contributed by atoms with Crippen molar-refractivity contribution in [2.75, 3.05) is 0 Å². The van der Waals surface area contributed by atoms with Gasteiger partial charge in [0, 0.05) is 5.56 Å². The molecular weight excluding hydrogens is 342 g/mol. The van der Waals surface area contributed by atoms with E-state index in [4.69, 9.17) is 9.26 Å². The van der Waals surface area contributed by atoms with Gasteiger partial charge in [-0.15, -0.1) is 0 Å². The molecule has 0 aliphatic rings. The molecule has 0 aliphatic carbocycles. The predicted molar refractivity (Wildman–Crippen MR) is 102 cm³/mol. The van der Waals surface area contributed by atoms with Crippen molar-refractivity contribution in [3.63, 3.8) is 0 Å². The van der Waals surface area contributed by atoms with Crippen molar-refractivity contribution in [2.24, 2.45) is 0 Å².